The number of aryl methyl sites for hydroxylation is 1. The monoisotopic (exact) mass is 258 g/mol. The van der Waals surface area contributed by atoms with E-state index in [-0.39, 0.29) is 24.4 Å². The number of nitrogens with two attached hydrogens (primary N) is 1. The van der Waals surface area contributed by atoms with Gasteiger partial charge in [0.1, 0.15) is 0 Å². The second kappa shape index (κ2) is 5.46. The average Bonchev–Trinajstić information content (AvgIpc) is 2.27. The molecular formula is C11H18N2O3S. The lowest BCUT2D eigenvalue weighted by molar-refractivity contribution is 0.578. The van der Waals surface area contributed by atoms with Gasteiger partial charge in [-0.2, -0.15) is 0 Å². The Hall–Kier alpha value is -1.14. The van der Waals surface area contributed by atoms with Gasteiger partial charge in [-0.05, 0) is 19.9 Å². The van der Waals surface area contributed by atoms with Gasteiger partial charge in [0.05, 0.1) is 11.0 Å². The summed E-state index contributed by atoms with van der Waals surface area (Å²) in [4.78, 5) is 11.8. The normalized spacial score (nSPS) is 12.0. The number of nitrogens with zero attached hydrogens (tertiary/aromatic N) is 1. The van der Waals surface area contributed by atoms with E-state index in [0.717, 1.165) is 0 Å². The van der Waals surface area contributed by atoms with E-state index in [1.807, 2.05) is 0 Å². The van der Waals surface area contributed by atoms with Gasteiger partial charge >= 0.3 is 0 Å². The smallest absolute Gasteiger partial charge is 0.255 e. The van der Waals surface area contributed by atoms with Crippen molar-refractivity contribution < 1.29 is 8.42 Å². The van der Waals surface area contributed by atoms with Crippen LogP contribution < -0.4 is 11.3 Å². The zero-order chi connectivity index (χ0) is 13.1. The number of rotatable bonds is 5. The highest BCUT2D eigenvalue weighted by atomic mass is 32.2. The molecular weight excluding hydrogens is 240 g/mol. The summed E-state index contributed by atoms with van der Waals surface area (Å²) in [7, 11) is -3.12. The minimum absolute atomic E-state index is 0.0292. The standard InChI is InChI=1S/C11H18N2O3S/c1-9(2)17(15,16)7-6-13-5-3-4-10(8-12)11(13)14/h3-5,9H,6-8,12H2,1-2H3. The third-order valence-corrected chi connectivity index (χ3v) is 4.84. The lowest BCUT2D eigenvalue weighted by Crippen LogP contribution is -2.29. The van der Waals surface area contributed by atoms with Gasteiger partial charge < -0.3 is 10.3 Å². The predicted octanol–water partition coefficient (Wildman–Crippen LogP) is 0.130. The molecule has 5 nitrogen and oxygen atoms in total. The van der Waals surface area contributed by atoms with Crippen LogP contribution in [0.25, 0.3) is 0 Å². The van der Waals surface area contributed by atoms with Crippen LogP contribution in [-0.4, -0.2) is 24.0 Å². The molecule has 0 aliphatic carbocycles. The molecule has 6 heteroatoms. The van der Waals surface area contributed by atoms with E-state index in [1.165, 1.54) is 4.57 Å². The van der Waals surface area contributed by atoms with Crippen molar-refractivity contribution in [3.8, 4) is 0 Å². The fourth-order valence-electron chi connectivity index (χ4n) is 1.38. The van der Waals surface area contributed by atoms with E-state index in [0.29, 0.717) is 5.56 Å². The second-order valence-electron chi connectivity index (χ2n) is 4.15. The van der Waals surface area contributed by atoms with Gasteiger partial charge in [-0.3, -0.25) is 4.79 Å². The molecule has 0 saturated heterocycles. The Morgan fingerprint density at radius 2 is 2.06 bits per heavy atom. The number of sulfone groups is 1. The summed E-state index contributed by atoms with van der Waals surface area (Å²) in [5, 5.41) is -0.420. The molecule has 0 amide bonds. The Kier molecular flexibility index (Phi) is 4.47. The number of aromatic nitrogens is 1. The van der Waals surface area contributed by atoms with Crippen molar-refractivity contribution in [2.45, 2.75) is 32.2 Å². The SMILES string of the molecule is CC(C)S(=O)(=O)CCn1cccc(CN)c1=O. The van der Waals surface area contributed by atoms with Gasteiger partial charge in [0, 0.05) is 24.8 Å². The minimum Gasteiger partial charge on any atom is -0.326 e. The molecule has 0 unspecified atom stereocenters. The van der Waals surface area contributed by atoms with Crippen LogP contribution in [0.2, 0.25) is 0 Å². The quantitative estimate of drug-likeness (QED) is 0.814. The van der Waals surface area contributed by atoms with Crippen molar-refractivity contribution in [1.82, 2.24) is 4.57 Å². The van der Waals surface area contributed by atoms with E-state index in [9.17, 15) is 13.2 Å². The molecule has 0 radical (unpaired) electrons. The Bertz CT molecular complexity index is 532. The summed E-state index contributed by atoms with van der Waals surface area (Å²) in [5.74, 6) is -0.0292. The summed E-state index contributed by atoms with van der Waals surface area (Å²) in [5.41, 5.74) is 5.70. The molecule has 1 aromatic rings. The molecule has 0 spiro atoms. The Morgan fingerprint density at radius 3 is 2.59 bits per heavy atom. The van der Waals surface area contributed by atoms with Gasteiger partial charge in [0.15, 0.2) is 9.84 Å². The summed E-state index contributed by atoms with van der Waals surface area (Å²) >= 11 is 0. The maximum atomic E-state index is 11.8. The lowest BCUT2D eigenvalue weighted by atomic mass is 10.3. The Labute approximate surface area is 101 Å². The highest BCUT2D eigenvalue weighted by molar-refractivity contribution is 7.91. The highest BCUT2D eigenvalue weighted by Crippen LogP contribution is 2.01. The maximum absolute atomic E-state index is 11.8. The lowest BCUT2D eigenvalue weighted by Gasteiger charge is -2.10. The molecule has 96 valence electrons. The number of hydrogen-bond donors (Lipinski definition) is 1. The Morgan fingerprint density at radius 1 is 1.41 bits per heavy atom. The first kappa shape index (κ1) is 13.9. The van der Waals surface area contributed by atoms with Crippen molar-refractivity contribution in [3.63, 3.8) is 0 Å². The molecule has 0 aliphatic heterocycles. The summed E-state index contributed by atoms with van der Waals surface area (Å²) in [6.45, 7) is 3.60. The van der Waals surface area contributed by atoms with E-state index in [4.69, 9.17) is 5.73 Å². The summed E-state index contributed by atoms with van der Waals surface area (Å²) in [6, 6.07) is 3.35. The molecule has 0 aliphatic rings. The fraction of sp³-hybridized carbons (Fsp3) is 0.545. The van der Waals surface area contributed by atoms with Crippen LogP contribution in [0, 0.1) is 0 Å². The zero-order valence-electron chi connectivity index (χ0n) is 10.1. The van der Waals surface area contributed by atoms with E-state index < -0.39 is 15.1 Å². The van der Waals surface area contributed by atoms with Crippen molar-refractivity contribution in [1.29, 1.82) is 0 Å². The maximum Gasteiger partial charge on any atom is 0.255 e. The molecule has 0 bridgehead atoms. The molecule has 1 heterocycles. The van der Waals surface area contributed by atoms with Gasteiger partial charge in [0.2, 0.25) is 0 Å². The van der Waals surface area contributed by atoms with Crippen LogP contribution in [0.5, 0.6) is 0 Å². The van der Waals surface area contributed by atoms with Crippen molar-refractivity contribution in [3.05, 3.63) is 34.2 Å². The van der Waals surface area contributed by atoms with E-state index >= 15 is 0 Å². The van der Waals surface area contributed by atoms with Crippen LogP contribution in [-0.2, 0) is 22.9 Å². The van der Waals surface area contributed by atoms with Crippen LogP contribution >= 0.6 is 0 Å². The topological polar surface area (TPSA) is 82.2 Å². The molecule has 1 aromatic heterocycles. The fourth-order valence-corrected chi connectivity index (χ4v) is 2.30. The van der Waals surface area contributed by atoms with Crippen LogP contribution in [0.15, 0.2) is 23.1 Å². The highest BCUT2D eigenvalue weighted by Gasteiger charge is 2.16. The van der Waals surface area contributed by atoms with Crippen molar-refractivity contribution in [2.24, 2.45) is 5.73 Å². The van der Waals surface area contributed by atoms with Crippen LogP contribution in [0.3, 0.4) is 0 Å². The molecule has 0 aromatic carbocycles. The molecule has 2 N–H and O–H groups in total. The van der Waals surface area contributed by atoms with Crippen molar-refractivity contribution in [2.75, 3.05) is 5.75 Å². The van der Waals surface area contributed by atoms with Gasteiger partial charge in [0.25, 0.3) is 5.56 Å². The zero-order valence-corrected chi connectivity index (χ0v) is 10.9. The third-order valence-electron chi connectivity index (χ3n) is 2.65. The van der Waals surface area contributed by atoms with Crippen LogP contribution in [0.4, 0.5) is 0 Å². The summed E-state index contributed by atoms with van der Waals surface area (Å²) < 4.78 is 24.6. The molecule has 1 rings (SSSR count). The summed E-state index contributed by atoms with van der Waals surface area (Å²) in [6.07, 6.45) is 1.58. The first-order chi connectivity index (χ1) is 7.88. The molecule has 0 atom stereocenters. The first-order valence-corrected chi connectivity index (χ1v) is 7.20. The number of pyridine rings is 1. The third kappa shape index (κ3) is 3.41. The first-order valence-electron chi connectivity index (χ1n) is 5.48. The largest absolute Gasteiger partial charge is 0.326 e. The van der Waals surface area contributed by atoms with E-state index in [1.54, 1.807) is 32.2 Å². The van der Waals surface area contributed by atoms with Crippen LogP contribution in [0.1, 0.15) is 19.4 Å². The number of hydrogen-bond acceptors (Lipinski definition) is 4. The van der Waals surface area contributed by atoms with Gasteiger partial charge in [-0.25, -0.2) is 8.42 Å². The average molecular weight is 258 g/mol. The van der Waals surface area contributed by atoms with E-state index in [2.05, 4.69) is 0 Å². The van der Waals surface area contributed by atoms with Gasteiger partial charge in [-0.15, -0.1) is 0 Å². The molecule has 17 heavy (non-hydrogen) atoms. The second-order valence-corrected chi connectivity index (χ2v) is 6.83. The van der Waals surface area contributed by atoms with Crippen molar-refractivity contribution >= 4 is 9.84 Å². The van der Waals surface area contributed by atoms with Gasteiger partial charge in [-0.1, -0.05) is 6.07 Å². The molecule has 0 saturated carbocycles. The Balaban J connectivity index is 2.88. The predicted molar refractivity (Wildman–Crippen MR) is 67.5 cm³/mol. The minimum atomic E-state index is -3.12. The molecule has 0 fully saturated rings.